The van der Waals surface area contributed by atoms with E-state index < -0.39 is 18.0 Å². The van der Waals surface area contributed by atoms with E-state index in [1.807, 2.05) is 92.7 Å². The van der Waals surface area contributed by atoms with Crippen molar-refractivity contribution in [3.05, 3.63) is 141 Å². The highest BCUT2D eigenvalue weighted by Crippen LogP contribution is 2.43. The third-order valence-corrected chi connectivity index (χ3v) is 15.0. The van der Waals surface area contributed by atoms with Gasteiger partial charge in [-0.3, -0.25) is 0 Å². The Morgan fingerprint density at radius 1 is 0.563 bits per heavy atom. The smallest absolute Gasteiger partial charge is 0.162 e. The predicted octanol–water partition coefficient (Wildman–Crippen LogP) is 13.4. The number of aliphatic hydroxyl groups excluding tert-OH is 4. The summed E-state index contributed by atoms with van der Waals surface area (Å²) in [5, 5.41) is 39.4. The molecule has 4 N–H and O–H groups in total. The van der Waals surface area contributed by atoms with Crippen LogP contribution in [0.25, 0.3) is 12.2 Å². The van der Waals surface area contributed by atoms with Crippen LogP contribution in [0.4, 0.5) is 0 Å². The zero-order chi connectivity index (χ0) is 53.0. The molecule has 1 fully saturated rings. The number of rotatable bonds is 20. The lowest BCUT2D eigenvalue weighted by Gasteiger charge is -2.35. The number of benzene rings is 4. The molecule has 71 heavy (non-hydrogen) atoms. The Balaban J connectivity index is 0.000000310. The molecule has 4 aromatic carbocycles. The summed E-state index contributed by atoms with van der Waals surface area (Å²) >= 11 is 0. The third-order valence-electron chi connectivity index (χ3n) is 15.0. The highest BCUT2D eigenvalue weighted by atomic mass is 16.7. The van der Waals surface area contributed by atoms with E-state index in [4.69, 9.17) is 18.9 Å². The molecule has 1 aliphatic rings. The molecule has 5 rings (SSSR count). The number of hydrogen-bond donors (Lipinski definition) is 4. The summed E-state index contributed by atoms with van der Waals surface area (Å²) < 4.78 is 23.6. The van der Waals surface area contributed by atoms with E-state index in [-0.39, 0.29) is 53.3 Å². The van der Waals surface area contributed by atoms with Crippen LogP contribution in [-0.4, -0.2) is 78.1 Å². The third kappa shape index (κ3) is 15.4. The fourth-order valence-electron chi connectivity index (χ4n) is 9.37. The molecule has 0 spiro atoms. The van der Waals surface area contributed by atoms with Gasteiger partial charge in [0.25, 0.3) is 0 Å². The van der Waals surface area contributed by atoms with E-state index >= 15 is 0 Å². The predicted molar refractivity (Wildman–Crippen MR) is 295 cm³/mol. The maximum absolute atomic E-state index is 10.4. The van der Waals surface area contributed by atoms with Crippen LogP contribution in [0.1, 0.15) is 164 Å². The molecule has 8 nitrogen and oxygen atoms in total. The molecule has 2 atom stereocenters. The molecule has 1 saturated heterocycles. The Hall–Kier alpha value is -4.28. The SMILES string of the molecule is CCC(CC)(c1ccc(/C=C/C(O)C(C)(C)C)c(C)c1)c1ccc(OCC(CO)CO)c(C)c1.CCC(CC)(c1ccc(/C=C/C(O)C(C)(C)C)c(C)c1)c1ccc(OCC2COC(C)(C)OC2)c(C)c1. The van der Waals surface area contributed by atoms with Crippen LogP contribution in [0, 0.1) is 50.4 Å². The maximum Gasteiger partial charge on any atom is 0.162 e. The number of aliphatic hydroxyl groups is 4. The lowest BCUT2D eigenvalue weighted by molar-refractivity contribution is -0.264. The molecule has 1 heterocycles. The molecule has 0 amide bonds. The normalized spacial score (nSPS) is 15.8. The van der Waals surface area contributed by atoms with Gasteiger partial charge in [0.05, 0.1) is 51.8 Å². The van der Waals surface area contributed by atoms with Crippen molar-refractivity contribution >= 4 is 12.2 Å². The van der Waals surface area contributed by atoms with E-state index in [2.05, 4.69) is 115 Å². The molecule has 2 unspecified atom stereocenters. The van der Waals surface area contributed by atoms with E-state index in [9.17, 15) is 20.4 Å². The Morgan fingerprint density at radius 2 is 0.915 bits per heavy atom. The zero-order valence-corrected chi connectivity index (χ0v) is 46.5. The van der Waals surface area contributed by atoms with Gasteiger partial charge in [-0.1, -0.05) is 154 Å². The molecule has 4 aromatic rings. The first kappa shape index (κ1) is 59.3. The van der Waals surface area contributed by atoms with Gasteiger partial charge in [-0.15, -0.1) is 0 Å². The summed E-state index contributed by atoms with van der Waals surface area (Å²) in [6.07, 6.45) is 10.8. The minimum absolute atomic E-state index is 0.0716. The van der Waals surface area contributed by atoms with Gasteiger partial charge < -0.3 is 39.4 Å². The van der Waals surface area contributed by atoms with Crippen LogP contribution < -0.4 is 9.47 Å². The first-order valence-electron chi connectivity index (χ1n) is 26.3. The van der Waals surface area contributed by atoms with Crippen LogP contribution in [0.2, 0.25) is 0 Å². The van der Waals surface area contributed by atoms with E-state index in [1.165, 1.54) is 33.4 Å². The monoisotopic (exact) mass is 977 g/mol. The van der Waals surface area contributed by atoms with Crippen LogP contribution in [0.15, 0.2) is 84.9 Å². The van der Waals surface area contributed by atoms with Crippen LogP contribution in [-0.2, 0) is 20.3 Å². The summed E-state index contributed by atoms with van der Waals surface area (Å²) in [5.41, 5.74) is 11.5. The maximum atomic E-state index is 10.4. The minimum Gasteiger partial charge on any atom is -0.493 e. The van der Waals surface area contributed by atoms with Gasteiger partial charge in [-0.05, 0) is 146 Å². The molecule has 0 aromatic heterocycles. The van der Waals surface area contributed by atoms with Crippen molar-refractivity contribution in [3.8, 4) is 11.5 Å². The molecular weight excluding hydrogens is 885 g/mol. The van der Waals surface area contributed by atoms with Crippen molar-refractivity contribution < 1.29 is 39.4 Å². The lowest BCUT2D eigenvalue weighted by Crippen LogP contribution is -2.41. The molecule has 1 aliphatic heterocycles. The summed E-state index contributed by atoms with van der Waals surface area (Å²) in [7, 11) is 0. The fraction of sp³-hybridized carbons (Fsp3) is 0.556. The second-order valence-corrected chi connectivity index (χ2v) is 22.8. The quantitative estimate of drug-likeness (QED) is 0.0692. The topological polar surface area (TPSA) is 118 Å². The first-order valence-corrected chi connectivity index (χ1v) is 26.3. The van der Waals surface area contributed by atoms with Crippen LogP contribution >= 0.6 is 0 Å². The fourth-order valence-corrected chi connectivity index (χ4v) is 9.37. The highest BCUT2D eigenvalue weighted by molar-refractivity contribution is 5.58. The van der Waals surface area contributed by atoms with Crippen LogP contribution in [0.3, 0.4) is 0 Å². The van der Waals surface area contributed by atoms with Crippen molar-refractivity contribution in [1.82, 2.24) is 0 Å². The Labute approximate surface area is 429 Å². The largest absolute Gasteiger partial charge is 0.493 e. The van der Waals surface area contributed by atoms with Gasteiger partial charge >= 0.3 is 0 Å². The van der Waals surface area contributed by atoms with Crippen molar-refractivity contribution in [2.24, 2.45) is 22.7 Å². The average molecular weight is 977 g/mol. The second kappa shape index (κ2) is 25.6. The second-order valence-electron chi connectivity index (χ2n) is 22.8. The number of aryl methyl sites for hydroxylation is 4. The summed E-state index contributed by atoms with van der Waals surface area (Å²) in [6, 6.07) is 26.4. The first-order chi connectivity index (χ1) is 33.3. The standard InChI is InChI=1S/C33H48O4.C30H44O4/c1-10-33(11-2,27-14-12-26(23(3)18-27)13-17-30(34)31(5,6)7)28-15-16-29(24(4)19-28)35-20-25-21-36-32(8,9)37-22-25;1-8-30(9-2,26-13-14-27(22(4)17-26)34-20-23(18-31)19-32)25-12-10-24(21(3)16-25)11-15-28(33)29(5,6)7/h12-19,25,30,34H,10-11,20-22H2,1-9H3;10-17,23,28,31-33H,8-9,18-20H2,1-7H3/b17-13+;15-11+. The molecule has 8 heteroatoms. The summed E-state index contributed by atoms with van der Waals surface area (Å²) in [4.78, 5) is 0. The van der Waals surface area contributed by atoms with Gasteiger partial charge in [-0.25, -0.2) is 0 Å². The molecular formula is C63H92O8. The van der Waals surface area contributed by atoms with Gasteiger partial charge in [-0.2, -0.15) is 0 Å². The van der Waals surface area contributed by atoms with Gasteiger partial charge in [0.1, 0.15) is 11.5 Å². The number of ether oxygens (including phenoxy) is 4. The lowest BCUT2D eigenvalue weighted by atomic mass is 9.70. The van der Waals surface area contributed by atoms with Crippen molar-refractivity contribution in [2.75, 3.05) is 39.6 Å². The van der Waals surface area contributed by atoms with E-state index in [1.54, 1.807) is 0 Å². The molecule has 0 bridgehead atoms. The minimum atomic E-state index is -0.502. The Kier molecular flexibility index (Phi) is 21.4. The average Bonchev–Trinajstić information content (AvgIpc) is 3.32. The van der Waals surface area contributed by atoms with E-state index in [0.717, 1.165) is 59.4 Å². The summed E-state index contributed by atoms with van der Waals surface area (Å²) in [5.74, 6) is 1.16. The van der Waals surface area contributed by atoms with Gasteiger partial charge in [0.15, 0.2) is 5.79 Å². The zero-order valence-electron chi connectivity index (χ0n) is 46.5. The van der Waals surface area contributed by atoms with Crippen molar-refractivity contribution in [3.63, 3.8) is 0 Å². The molecule has 0 aliphatic carbocycles. The van der Waals surface area contributed by atoms with Gasteiger partial charge in [0.2, 0.25) is 0 Å². The van der Waals surface area contributed by atoms with E-state index in [0.29, 0.717) is 19.8 Å². The highest BCUT2D eigenvalue weighted by Gasteiger charge is 2.34. The van der Waals surface area contributed by atoms with Gasteiger partial charge in [0, 0.05) is 22.7 Å². The molecule has 0 saturated carbocycles. The molecule has 0 radical (unpaired) electrons. The van der Waals surface area contributed by atoms with Crippen LogP contribution in [0.5, 0.6) is 11.5 Å². The van der Waals surface area contributed by atoms with Crippen molar-refractivity contribution in [1.29, 1.82) is 0 Å². The van der Waals surface area contributed by atoms with Crippen molar-refractivity contribution in [2.45, 2.75) is 165 Å². The Morgan fingerprint density at radius 3 is 1.24 bits per heavy atom. The Bertz CT molecular complexity index is 2340. The number of hydrogen-bond acceptors (Lipinski definition) is 8. The summed E-state index contributed by atoms with van der Waals surface area (Å²) in [6.45, 7) is 35.6. The molecule has 392 valence electrons.